The van der Waals surface area contributed by atoms with Gasteiger partial charge in [0.2, 0.25) is 5.89 Å². The molecule has 2 heterocycles. The van der Waals surface area contributed by atoms with Gasteiger partial charge in [0.05, 0.1) is 6.54 Å². The molecule has 120 valence electrons. The average molecular weight is 294 g/mol. The van der Waals surface area contributed by atoms with Crippen molar-refractivity contribution in [2.24, 2.45) is 11.8 Å². The SMILES string of the molecule is CC(C)Cc1nc(CN2CCC(CCN(C)C)CC2)no1. The first-order valence-electron chi connectivity index (χ1n) is 8.21. The summed E-state index contributed by atoms with van der Waals surface area (Å²) in [4.78, 5) is 9.23. The largest absolute Gasteiger partial charge is 0.339 e. The van der Waals surface area contributed by atoms with Crippen LogP contribution in [0.4, 0.5) is 0 Å². The normalized spacial score (nSPS) is 18.0. The Morgan fingerprint density at radius 2 is 2.00 bits per heavy atom. The summed E-state index contributed by atoms with van der Waals surface area (Å²) in [5.74, 6) is 3.06. The number of hydrogen-bond acceptors (Lipinski definition) is 5. The fourth-order valence-corrected chi connectivity index (χ4v) is 2.86. The maximum atomic E-state index is 5.31. The van der Waals surface area contributed by atoms with E-state index < -0.39 is 0 Å². The van der Waals surface area contributed by atoms with E-state index in [1.54, 1.807) is 0 Å². The van der Waals surface area contributed by atoms with Crippen molar-refractivity contribution in [1.29, 1.82) is 0 Å². The van der Waals surface area contributed by atoms with E-state index >= 15 is 0 Å². The van der Waals surface area contributed by atoms with Crippen LogP contribution in [0.5, 0.6) is 0 Å². The van der Waals surface area contributed by atoms with Crippen LogP contribution in [0.1, 0.15) is 44.8 Å². The van der Waals surface area contributed by atoms with Gasteiger partial charge < -0.3 is 9.42 Å². The number of hydrogen-bond donors (Lipinski definition) is 0. The summed E-state index contributed by atoms with van der Waals surface area (Å²) in [6.07, 6.45) is 4.79. The standard InChI is InChI=1S/C16H30N4O/c1-13(2)11-16-17-15(18-21-16)12-20-9-6-14(7-10-20)5-8-19(3)4/h13-14H,5-12H2,1-4H3. The van der Waals surface area contributed by atoms with Gasteiger partial charge in [-0.1, -0.05) is 19.0 Å². The fraction of sp³-hybridized carbons (Fsp3) is 0.875. The summed E-state index contributed by atoms with van der Waals surface area (Å²) in [5, 5.41) is 4.11. The van der Waals surface area contributed by atoms with Crippen LogP contribution < -0.4 is 0 Å². The first kappa shape index (κ1) is 16.4. The first-order chi connectivity index (χ1) is 10.0. The van der Waals surface area contributed by atoms with Crippen molar-refractivity contribution in [3.05, 3.63) is 11.7 Å². The van der Waals surface area contributed by atoms with Crippen LogP contribution in [-0.4, -0.2) is 53.7 Å². The highest BCUT2D eigenvalue weighted by Crippen LogP contribution is 2.21. The second-order valence-corrected chi connectivity index (χ2v) is 7.01. The Bertz CT molecular complexity index is 408. The zero-order chi connectivity index (χ0) is 15.2. The van der Waals surface area contributed by atoms with Crippen molar-refractivity contribution >= 4 is 0 Å². The van der Waals surface area contributed by atoms with Crippen LogP contribution >= 0.6 is 0 Å². The monoisotopic (exact) mass is 294 g/mol. The van der Waals surface area contributed by atoms with Gasteiger partial charge in [0.15, 0.2) is 5.82 Å². The van der Waals surface area contributed by atoms with Gasteiger partial charge in [0.25, 0.3) is 0 Å². The Balaban J connectivity index is 1.72. The average Bonchev–Trinajstić information content (AvgIpc) is 2.84. The molecule has 1 saturated heterocycles. The van der Waals surface area contributed by atoms with Crippen molar-refractivity contribution in [2.45, 2.75) is 46.1 Å². The first-order valence-corrected chi connectivity index (χ1v) is 8.21. The molecule has 1 aliphatic heterocycles. The maximum absolute atomic E-state index is 5.31. The minimum atomic E-state index is 0.561. The lowest BCUT2D eigenvalue weighted by Crippen LogP contribution is -2.34. The molecule has 5 nitrogen and oxygen atoms in total. The molecule has 0 N–H and O–H groups in total. The molecule has 0 aliphatic carbocycles. The lowest BCUT2D eigenvalue weighted by molar-refractivity contribution is 0.161. The number of rotatable bonds is 7. The van der Waals surface area contributed by atoms with E-state index in [0.717, 1.165) is 43.7 Å². The highest BCUT2D eigenvalue weighted by Gasteiger charge is 2.20. The molecule has 1 aliphatic rings. The Kier molecular flexibility index (Phi) is 6.18. The van der Waals surface area contributed by atoms with E-state index in [1.165, 1.54) is 25.8 Å². The summed E-state index contributed by atoms with van der Waals surface area (Å²) >= 11 is 0. The molecule has 21 heavy (non-hydrogen) atoms. The Morgan fingerprint density at radius 1 is 1.29 bits per heavy atom. The minimum absolute atomic E-state index is 0.561. The van der Waals surface area contributed by atoms with Crippen molar-refractivity contribution in [1.82, 2.24) is 19.9 Å². The zero-order valence-electron chi connectivity index (χ0n) is 14.0. The Morgan fingerprint density at radius 3 is 2.62 bits per heavy atom. The second kappa shape index (κ2) is 7.90. The lowest BCUT2D eigenvalue weighted by Gasteiger charge is -2.31. The van der Waals surface area contributed by atoms with Crippen LogP contribution in [0, 0.1) is 11.8 Å². The maximum Gasteiger partial charge on any atom is 0.226 e. The van der Waals surface area contributed by atoms with E-state index in [9.17, 15) is 0 Å². The highest BCUT2D eigenvalue weighted by molar-refractivity contribution is 4.88. The number of piperidine rings is 1. The third-order valence-electron chi connectivity index (χ3n) is 4.15. The van der Waals surface area contributed by atoms with Gasteiger partial charge in [0, 0.05) is 6.42 Å². The number of nitrogens with zero attached hydrogens (tertiary/aromatic N) is 4. The second-order valence-electron chi connectivity index (χ2n) is 7.01. The summed E-state index contributed by atoms with van der Waals surface area (Å²) in [6, 6.07) is 0. The van der Waals surface area contributed by atoms with Crippen LogP contribution in [-0.2, 0) is 13.0 Å². The molecule has 0 spiro atoms. The predicted octanol–water partition coefficient (Wildman–Crippen LogP) is 2.43. The van der Waals surface area contributed by atoms with Gasteiger partial charge in [0.1, 0.15) is 0 Å². The Labute approximate surface area is 128 Å². The highest BCUT2D eigenvalue weighted by atomic mass is 16.5. The molecule has 0 saturated carbocycles. The molecule has 1 aromatic rings. The van der Waals surface area contributed by atoms with E-state index in [0.29, 0.717) is 5.92 Å². The summed E-state index contributed by atoms with van der Waals surface area (Å²) in [5.41, 5.74) is 0. The van der Waals surface area contributed by atoms with Gasteiger partial charge in [-0.05, 0) is 64.8 Å². The molecule has 5 heteroatoms. The van der Waals surface area contributed by atoms with Crippen molar-refractivity contribution in [3.63, 3.8) is 0 Å². The van der Waals surface area contributed by atoms with Crippen molar-refractivity contribution < 1.29 is 4.52 Å². The summed E-state index contributed by atoms with van der Waals surface area (Å²) in [7, 11) is 4.31. The number of likely N-dealkylation sites (tertiary alicyclic amines) is 1. The molecule has 0 atom stereocenters. The summed E-state index contributed by atoms with van der Waals surface area (Å²) in [6.45, 7) is 8.69. The fourth-order valence-electron chi connectivity index (χ4n) is 2.86. The van der Waals surface area contributed by atoms with E-state index in [4.69, 9.17) is 4.52 Å². The molecule has 0 unspecified atom stereocenters. The lowest BCUT2D eigenvalue weighted by atomic mass is 9.93. The van der Waals surface area contributed by atoms with Crippen LogP contribution in [0.25, 0.3) is 0 Å². The predicted molar refractivity (Wildman–Crippen MR) is 84.0 cm³/mol. The Hall–Kier alpha value is -0.940. The quantitative estimate of drug-likeness (QED) is 0.773. The third kappa shape index (κ3) is 5.75. The molecule has 2 rings (SSSR count). The molecular formula is C16H30N4O. The summed E-state index contributed by atoms with van der Waals surface area (Å²) < 4.78 is 5.31. The zero-order valence-corrected chi connectivity index (χ0v) is 14.0. The molecule has 0 bridgehead atoms. The molecule has 0 radical (unpaired) electrons. The van der Waals surface area contributed by atoms with Gasteiger partial charge in [-0.25, -0.2) is 0 Å². The van der Waals surface area contributed by atoms with Crippen molar-refractivity contribution in [3.8, 4) is 0 Å². The van der Waals surface area contributed by atoms with Crippen LogP contribution in [0.15, 0.2) is 4.52 Å². The number of aromatic nitrogens is 2. The van der Waals surface area contributed by atoms with Gasteiger partial charge in [-0.2, -0.15) is 4.98 Å². The molecule has 0 amide bonds. The van der Waals surface area contributed by atoms with Gasteiger partial charge in [-0.3, -0.25) is 4.90 Å². The van der Waals surface area contributed by atoms with Crippen LogP contribution in [0.2, 0.25) is 0 Å². The van der Waals surface area contributed by atoms with E-state index in [1.807, 2.05) is 0 Å². The van der Waals surface area contributed by atoms with Gasteiger partial charge in [-0.15, -0.1) is 0 Å². The van der Waals surface area contributed by atoms with Gasteiger partial charge >= 0.3 is 0 Å². The van der Waals surface area contributed by atoms with E-state index in [2.05, 4.69) is 47.9 Å². The third-order valence-corrected chi connectivity index (χ3v) is 4.15. The smallest absolute Gasteiger partial charge is 0.226 e. The van der Waals surface area contributed by atoms with Crippen molar-refractivity contribution in [2.75, 3.05) is 33.7 Å². The van der Waals surface area contributed by atoms with Crippen LogP contribution in [0.3, 0.4) is 0 Å². The molecule has 0 aromatic carbocycles. The molecular weight excluding hydrogens is 264 g/mol. The molecule has 1 aromatic heterocycles. The topological polar surface area (TPSA) is 45.4 Å². The minimum Gasteiger partial charge on any atom is -0.339 e. The molecule has 1 fully saturated rings. The van der Waals surface area contributed by atoms with E-state index in [-0.39, 0.29) is 0 Å².